The minimum Gasteiger partial charge on any atom is -0.481 e. The van der Waals surface area contributed by atoms with E-state index in [4.69, 9.17) is 22.0 Å². The van der Waals surface area contributed by atoms with Gasteiger partial charge in [-0.1, -0.05) is 11.6 Å². The van der Waals surface area contributed by atoms with Gasteiger partial charge in [0.2, 0.25) is 10.0 Å². The maximum atomic E-state index is 12.1. The van der Waals surface area contributed by atoms with E-state index >= 15 is 0 Å². The van der Waals surface area contributed by atoms with Gasteiger partial charge in [-0.15, -0.1) is 0 Å². The summed E-state index contributed by atoms with van der Waals surface area (Å²) in [6.45, 7) is 0.672. The zero-order chi connectivity index (χ0) is 16.3. The first kappa shape index (κ1) is 17.4. The Kier molecular flexibility index (Phi) is 5.31. The molecule has 0 aliphatic rings. The molecule has 21 heavy (non-hydrogen) atoms. The number of rotatable bonds is 6. The highest BCUT2D eigenvalue weighted by atomic mass is 35.5. The van der Waals surface area contributed by atoms with E-state index < -0.39 is 34.6 Å². The SMILES string of the molecule is CC(O)(CNS(=O)(=O)c1cc(Cl)ccc1C#N)CC(=O)O. The van der Waals surface area contributed by atoms with Gasteiger partial charge >= 0.3 is 5.97 Å². The van der Waals surface area contributed by atoms with Crippen LogP contribution in [0.1, 0.15) is 18.9 Å². The van der Waals surface area contributed by atoms with Crippen LogP contribution in [0.4, 0.5) is 0 Å². The second kappa shape index (κ2) is 6.41. The van der Waals surface area contributed by atoms with Crippen molar-refractivity contribution < 1.29 is 23.4 Å². The molecule has 1 aromatic carbocycles. The maximum absolute atomic E-state index is 12.1. The van der Waals surface area contributed by atoms with Crippen molar-refractivity contribution in [2.75, 3.05) is 6.54 Å². The number of sulfonamides is 1. The summed E-state index contributed by atoms with van der Waals surface area (Å²) in [7, 11) is -4.10. The van der Waals surface area contributed by atoms with Gasteiger partial charge in [0.1, 0.15) is 11.0 Å². The van der Waals surface area contributed by atoms with Crippen LogP contribution in [0.5, 0.6) is 0 Å². The van der Waals surface area contributed by atoms with Crippen molar-refractivity contribution in [3.8, 4) is 6.07 Å². The van der Waals surface area contributed by atoms with E-state index in [0.29, 0.717) is 0 Å². The van der Waals surface area contributed by atoms with Crippen molar-refractivity contribution in [1.29, 1.82) is 5.26 Å². The quantitative estimate of drug-likeness (QED) is 0.704. The Balaban J connectivity index is 3.01. The molecule has 0 spiro atoms. The molecule has 0 saturated carbocycles. The van der Waals surface area contributed by atoms with Gasteiger partial charge in [-0.3, -0.25) is 4.79 Å². The largest absolute Gasteiger partial charge is 0.481 e. The highest BCUT2D eigenvalue weighted by Crippen LogP contribution is 2.20. The molecular weight excluding hydrogens is 320 g/mol. The molecule has 0 heterocycles. The fraction of sp³-hybridized carbons (Fsp3) is 0.333. The standard InChI is InChI=1S/C12H13ClN2O5S/c1-12(18,5-11(16)17)7-15-21(19,20)10-4-9(13)3-2-8(10)6-14/h2-4,15,18H,5,7H2,1H3,(H,16,17). The van der Waals surface area contributed by atoms with Crippen LogP contribution in [0.3, 0.4) is 0 Å². The molecular formula is C12H13ClN2O5S. The third-order valence-electron chi connectivity index (χ3n) is 2.53. The molecule has 0 aromatic heterocycles. The zero-order valence-corrected chi connectivity index (χ0v) is 12.6. The zero-order valence-electron chi connectivity index (χ0n) is 11.0. The lowest BCUT2D eigenvalue weighted by Gasteiger charge is -2.21. The number of nitriles is 1. The number of hydrogen-bond acceptors (Lipinski definition) is 5. The first-order valence-electron chi connectivity index (χ1n) is 5.71. The van der Waals surface area contributed by atoms with Crippen molar-refractivity contribution in [3.05, 3.63) is 28.8 Å². The minimum absolute atomic E-state index is 0.107. The monoisotopic (exact) mass is 332 g/mol. The molecule has 0 fully saturated rings. The number of carboxylic acid groups (broad SMARTS) is 1. The average molecular weight is 333 g/mol. The van der Waals surface area contributed by atoms with Crippen molar-refractivity contribution in [2.24, 2.45) is 0 Å². The molecule has 1 atom stereocenters. The molecule has 0 radical (unpaired) electrons. The van der Waals surface area contributed by atoms with Gasteiger partial charge in [-0.2, -0.15) is 5.26 Å². The summed E-state index contributed by atoms with van der Waals surface area (Å²) >= 11 is 5.71. The lowest BCUT2D eigenvalue weighted by Crippen LogP contribution is -2.42. The number of hydrogen-bond donors (Lipinski definition) is 3. The van der Waals surface area contributed by atoms with Crippen LogP contribution in [0, 0.1) is 11.3 Å². The van der Waals surface area contributed by atoms with Crippen LogP contribution in [-0.4, -0.2) is 36.7 Å². The summed E-state index contributed by atoms with van der Waals surface area (Å²) in [6, 6.07) is 5.46. The van der Waals surface area contributed by atoms with E-state index in [0.717, 1.165) is 6.07 Å². The van der Waals surface area contributed by atoms with Crippen molar-refractivity contribution >= 4 is 27.6 Å². The Morgan fingerprint density at radius 2 is 2.14 bits per heavy atom. The smallest absolute Gasteiger partial charge is 0.306 e. The number of aliphatic hydroxyl groups is 1. The highest BCUT2D eigenvalue weighted by Gasteiger charge is 2.28. The number of nitrogens with one attached hydrogen (secondary N) is 1. The second-order valence-electron chi connectivity index (χ2n) is 4.64. The third kappa shape index (κ3) is 4.99. The van der Waals surface area contributed by atoms with Crippen LogP contribution in [0.25, 0.3) is 0 Å². The predicted molar refractivity (Wildman–Crippen MR) is 74.2 cm³/mol. The molecule has 0 amide bonds. The number of nitrogens with zero attached hydrogens (tertiary/aromatic N) is 1. The van der Waals surface area contributed by atoms with Crippen LogP contribution in [0.2, 0.25) is 5.02 Å². The average Bonchev–Trinajstić information content (AvgIpc) is 2.35. The fourth-order valence-corrected chi connectivity index (χ4v) is 3.11. The highest BCUT2D eigenvalue weighted by molar-refractivity contribution is 7.89. The molecule has 0 aliphatic carbocycles. The Morgan fingerprint density at radius 1 is 1.52 bits per heavy atom. The maximum Gasteiger partial charge on any atom is 0.306 e. The summed E-state index contributed by atoms with van der Waals surface area (Å²) in [4.78, 5) is 10.2. The molecule has 0 saturated heterocycles. The Labute approximate surface area is 126 Å². The van der Waals surface area contributed by atoms with Gasteiger partial charge in [0.05, 0.1) is 17.6 Å². The molecule has 1 aromatic rings. The van der Waals surface area contributed by atoms with Crippen molar-refractivity contribution in [1.82, 2.24) is 4.72 Å². The van der Waals surface area contributed by atoms with Crippen molar-refractivity contribution in [2.45, 2.75) is 23.8 Å². The molecule has 7 nitrogen and oxygen atoms in total. The van der Waals surface area contributed by atoms with E-state index in [1.54, 1.807) is 6.07 Å². The summed E-state index contributed by atoms with van der Waals surface area (Å²) in [5.41, 5.74) is -1.87. The topological polar surface area (TPSA) is 127 Å². The lowest BCUT2D eigenvalue weighted by atomic mass is 10.0. The van der Waals surface area contributed by atoms with Crippen LogP contribution in [0.15, 0.2) is 23.1 Å². The van der Waals surface area contributed by atoms with Gasteiger partial charge in [0.15, 0.2) is 0 Å². The third-order valence-corrected chi connectivity index (χ3v) is 4.20. The van der Waals surface area contributed by atoms with E-state index in [1.807, 2.05) is 0 Å². The second-order valence-corrected chi connectivity index (χ2v) is 6.82. The summed E-state index contributed by atoms with van der Waals surface area (Å²) < 4.78 is 26.3. The molecule has 1 rings (SSSR count). The summed E-state index contributed by atoms with van der Waals surface area (Å²) in [5, 5.41) is 27.4. The summed E-state index contributed by atoms with van der Waals surface area (Å²) in [5.74, 6) is -1.26. The van der Waals surface area contributed by atoms with Gasteiger partial charge < -0.3 is 10.2 Å². The number of carboxylic acids is 1. The van der Waals surface area contributed by atoms with Crippen LogP contribution >= 0.6 is 11.6 Å². The van der Waals surface area contributed by atoms with Crippen LogP contribution < -0.4 is 4.72 Å². The van der Waals surface area contributed by atoms with E-state index in [2.05, 4.69) is 4.72 Å². The first-order valence-corrected chi connectivity index (χ1v) is 7.57. The number of benzene rings is 1. The van der Waals surface area contributed by atoms with Crippen LogP contribution in [-0.2, 0) is 14.8 Å². The lowest BCUT2D eigenvalue weighted by molar-refractivity contribution is -0.141. The predicted octanol–water partition coefficient (Wildman–Crippen LogP) is 0.716. The Bertz CT molecular complexity index is 694. The van der Waals surface area contributed by atoms with Gasteiger partial charge in [-0.05, 0) is 25.1 Å². The number of halogens is 1. The first-order chi connectivity index (χ1) is 9.57. The molecule has 1 unspecified atom stereocenters. The molecule has 0 bridgehead atoms. The van der Waals surface area contributed by atoms with Crippen molar-refractivity contribution in [3.63, 3.8) is 0 Å². The summed E-state index contributed by atoms with van der Waals surface area (Å²) in [6.07, 6.45) is -0.629. The van der Waals surface area contributed by atoms with E-state index in [1.165, 1.54) is 19.1 Å². The van der Waals surface area contributed by atoms with E-state index in [-0.39, 0.29) is 15.5 Å². The number of carbonyl (C=O) groups is 1. The van der Waals surface area contributed by atoms with Gasteiger partial charge in [-0.25, -0.2) is 13.1 Å². The normalized spacial score (nSPS) is 14.2. The minimum atomic E-state index is -4.10. The van der Waals surface area contributed by atoms with E-state index in [9.17, 15) is 18.3 Å². The van der Waals surface area contributed by atoms with Gasteiger partial charge in [0, 0.05) is 11.6 Å². The fourth-order valence-electron chi connectivity index (χ4n) is 1.53. The molecule has 0 aliphatic heterocycles. The Morgan fingerprint density at radius 3 is 2.67 bits per heavy atom. The number of aliphatic carboxylic acids is 1. The van der Waals surface area contributed by atoms with Gasteiger partial charge in [0.25, 0.3) is 0 Å². The molecule has 9 heteroatoms. The molecule has 3 N–H and O–H groups in total. The molecule has 114 valence electrons. The Hall–Kier alpha value is -1.66.